The van der Waals surface area contributed by atoms with Crippen molar-refractivity contribution < 1.29 is 14.4 Å². The predicted octanol–water partition coefficient (Wildman–Crippen LogP) is 2.07. The third-order valence-electron chi connectivity index (χ3n) is 5.15. The first-order valence-electron chi connectivity index (χ1n) is 9.94. The lowest BCUT2D eigenvalue weighted by atomic mass is 9.86. The summed E-state index contributed by atoms with van der Waals surface area (Å²) in [5, 5.41) is 5.40. The average molecular weight is 373 g/mol. The quantitative estimate of drug-likeness (QED) is 0.585. The van der Waals surface area contributed by atoms with E-state index >= 15 is 0 Å². The van der Waals surface area contributed by atoms with Crippen molar-refractivity contribution in [3.8, 4) is 0 Å². The van der Waals surface area contributed by atoms with Gasteiger partial charge in [0.25, 0.3) is 0 Å². The van der Waals surface area contributed by atoms with Crippen LogP contribution in [0.25, 0.3) is 0 Å². The minimum Gasteiger partial charge on any atom is -0.368 e. The molecule has 0 saturated heterocycles. The summed E-state index contributed by atoms with van der Waals surface area (Å²) in [6.07, 6.45) is 7.91. The van der Waals surface area contributed by atoms with Crippen LogP contribution in [0, 0.1) is 5.92 Å². The van der Waals surface area contributed by atoms with Gasteiger partial charge in [0.1, 0.15) is 6.04 Å². The molecule has 0 radical (unpaired) electrons. The van der Waals surface area contributed by atoms with E-state index in [4.69, 9.17) is 5.73 Å². The largest absolute Gasteiger partial charge is 0.368 e. The Labute approximate surface area is 161 Å². The molecule has 0 heterocycles. The number of nitrogens with two attached hydrogens (primary N) is 1. The molecule has 6 nitrogen and oxygen atoms in total. The SMILES string of the molecule is NC(=O)[C@@H](CC(=O)NCCc1ccccc1)NC(=O)CCC1CCCCC1. The van der Waals surface area contributed by atoms with Gasteiger partial charge in [-0.1, -0.05) is 62.4 Å². The maximum absolute atomic E-state index is 12.1. The Morgan fingerprint density at radius 3 is 2.41 bits per heavy atom. The molecular weight excluding hydrogens is 342 g/mol. The van der Waals surface area contributed by atoms with Crippen LogP contribution in [0.15, 0.2) is 30.3 Å². The molecule has 27 heavy (non-hydrogen) atoms. The molecule has 0 unspecified atom stereocenters. The fourth-order valence-corrected chi connectivity index (χ4v) is 3.55. The number of hydrogen-bond acceptors (Lipinski definition) is 3. The second-order valence-electron chi connectivity index (χ2n) is 7.35. The van der Waals surface area contributed by atoms with Gasteiger partial charge in [-0.25, -0.2) is 0 Å². The van der Waals surface area contributed by atoms with Crippen LogP contribution in [-0.4, -0.2) is 30.3 Å². The zero-order valence-corrected chi connectivity index (χ0v) is 15.9. The highest BCUT2D eigenvalue weighted by atomic mass is 16.2. The first-order valence-corrected chi connectivity index (χ1v) is 9.94. The second-order valence-corrected chi connectivity index (χ2v) is 7.35. The van der Waals surface area contributed by atoms with Crippen LogP contribution >= 0.6 is 0 Å². The highest BCUT2D eigenvalue weighted by Crippen LogP contribution is 2.27. The van der Waals surface area contributed by atoms with E-state index in [2.05, 4.69) is 10.6 Å². The molecule has 148 valence electrons. The van der Waals surface area contributed by atoms with Crippen molar-refractivity contribution in [1.82, 2.24) is 10.6 Å². The minimum atomic E-state index is -0.958. The minimum absolute atomic E-state index is 0.126. The van der Waals surface area contributed by atoms with Gasteiger partial charge in [-0.2, -0.15) is 0 Å². The van der Waals surface area contributed by atoms with Crippen molar-refractivity contribution in [2.45, 2.75) is 63.8 Å². The number of carbonyl (C=O) groups excluding carboxylic acids is 3. The highest BCUT2D eigenvalue weighted by molar-refractivity contribution is 5.91. The van der Waals surface area contributed by atoms with Crippen LogP contribution in [-0.2, 0) is 20.8 Å². The van der Waals surface area contributed by atoms with Gasteiger partial charge in [-0.15, -0.1) is 0 Å². The Kier molecular flexibility index (Phi) is 8.81. The summed E-state index contributed by atoms with van der Waals surface area (Å²) >= 11 is 0. The smallest absolute Gasteiger partial charge is 0.240 e. The van der Waals surface area contributed by atoms with Crippen LogP contribution in [0.4, 0.5) is 0 Å². The Morgan fingerprint density at radius 2 is 1.74 bits per heavy atom. The topological polar surface area (TPSA) is 101 Å². The number of carbonyl (C=O) groups is 3. The molecule has 6 heteroatoms. The van der Waals surface area contributed by atoms with Gasteiger partial charge in [0.15, 0.2) is 0 Å². The van der Waals surface area contributed by atoms with E-state index in [-0.39, 0.29) is 18.2 Å². The standard InChI is InChI=1S/C21H31N3O3/c22-21(27)18(24-19(25)12-11-16-7-3-1-4-8-16)15-20(26)23-14-13-17-9-5-2-6-10-17/h2,5-6,9-10,16,18H,1,3-4,7-8,11-15H2,(H2,22,27)(H,23,26)(H,24,25)/t18-/m1/s1. The zero-order chi connectivity index (χ0) is 19.5. The maximum atomic E-state index is 12.1. The van der Waals surface area contributed by atoms with Gasteiger partial charge in [-0.05, 0) is 24.3 Å². The van der Waals surface area contributed by atoms with Gasteiger partial charge in [-0.3, -0.25) is 14.4 Å². The van der Waals surface area contributed by atoms with Crippen molar-refractivity contribution in [3.05, 3.63) is 35.9 Å². The van der Waals surface area contributed by atoms with Crippen LogP contribution in [0.5, 0.6) is 0 Å². The predicted molar refractivity (Wildman–Crippen MR) is 105 cm³/mol. The molecule has 3 amide bonds. The summed E-state index contributed by atoms with van der Waals surface area (Å²) in [4.78, 5) is 35.8. The molecular formula is C21H31N3O3. The Bertz CT molecular complexity index is 612. The Hall–Kier alpha value is -2.37. The summed E-state index contributed by atoms with van der Waals surface area (Å²) in [7, 11) is 0. The van der Waals surface area contributed by atoms with Crippen LogP contribution in [0.2, 0.25) is 0 Å². The normalized spacial score (nSPS) is 15.7. The van der Waals surface area contributed by atoms with Gasteiger partial charge >= 0.3 is 0 Å². The maximum Gasteiger partial charge on any atom is 0.240 e. The number of benzene rings is 1. The fourth-order valence-electron chi connectivity index (χ4n) is 3.55. The van der Waals surface area contributed by atoms with Crippen LogP contribution < -0.4 is 16.4 Å². The summed E-state index contributed by atoms with van der Waals surface area (Å²) < 4.78 is 0. The molecule has 1 atom stereocenters. The molecule has 4 N–H and O–H groups in total. The first kappa shape index (κ1) is 20.9. The first-order chi connectivity index (χ1) is 13.0. The zero-order valence-electron chi connectivity index (χ0n) is 15.9. The van der Waals surface area contributed by atoms with Gasteiger partial charge in [0.05, 0.1) is 6.42 Å². The number of primary amides is 1. The Morgan fingerprint density at radius 1 is 1.04 bits per heavy atom. The lowest BCUT2D eigenvalue weighted by Gasteiger charge is -2.21. The van der Waals surface area contributed by atoms with E-state index < -0.39 is 11.9 Å². The van der Waals surface area contributed by atoms with Crippen molar-refractivity contribution in [1.29, 1.82) is 0 Å². The van der Waals surface area contributed by atoms with E-state index in [1.807, 2.05) is 30.3 Å². The van der Waals surface area contributed by atoms with Gasteiger partial charge in [0, 0.05) is 13.0 Å². The molecule has 0 bridgehead atoms. The lowest BCUT2D eigenvalue weighted by Crippen LogP contribution is -2.47. The van der Waals surface area contributed by atoms with Crippen molar-refractivity contribution in [3.63, 3.8) is 0 Å². The van der Waals surface area contributed by atoms with Crippen LogP contribution in [0.1, 0.15) is 56.9 Å². The van der Waals surface area contributed by atoms with E-state index in [1.165, 1.54) is 32.1 Å². The summed E-state index contributed by atoms with van der Waals surface area (Å²) in [6, 6.07) is 8.86. The fraction of sp³-hybridized carbons (Fsp3) is 0.571. The van der Waals surface area contributed by atoms with Gasteiger partial charge in [0.2, 0.25) is 17.7 Å². The number of rotatable bonds is 10. The third-order valence-corrected chi connectivity index (χ3v) is 5.15. The second kappa shape index (κ2) is 11.4. The van der Waals surface area contributed by atoms with Crippen molar-refractivity contribution in [2.24, 2.45) is 11.7 Å². The van der Waals surface area contributed by atoms with Crippen molar-refractivity contribution in [2.75, 3.05) is 6.54 Å². The number of hydrogen-bond donors (Lipinski definition) is 3. The summed E-state index contributed by atoms with van der Waals surface area (Å²) in [5.41, 5.74) is 6.48. The molecule has 0 aliphatic heterocycles. The van der Waals surface area contributed by atoms with E-state index in [0.717, 1.165) is 12.0 Å². The van der Waals surface area contributed by atoms with E-state index in [1.54, 1.807) is 0 Å². The van der Waals surface area contributed by atoms with E-state index in [9.17, 15) is 14.4 Å². The average Bonchev–Trinajstić information content (AvgIpc) is 2.67. The molecule has 2 rings (SSSR count). The molecule has 1 aromatic carbocycles. The molecule has 1 fully saturated rings. The number of amides is 3. The highest BCUT2D eigenvalue weighted by Gasteiger charge is 2.22. The molecule has 1 aromatic rings. The molecule has 1 saturated carbocycles. The molecule has 0 aromatic heterocycles. The van der Waals surface area contributed by atoms with Crippen LogP contribution in [0.3, 0.4) is 0 Å². The lowest BCUT2D eigenvalue weighted by molar-refractivity contribution is -0.130. The molecule has 1 aliphatic rings. The third kappa shape index (κ3) is 8.24. The molecule has 0 spiro atoms. The van der Waals surface area contributed by atoms with Gasteiger partial charge < -0.3 is 16.4 Å². The Balaban J connectivity index is 1.69. The summed E-state index contributed by atoms with van der Waals surface area (Å²) in [5.74, 6) is -0.583. The van der Waals surface area contributed by atoms with Crippen molar-refractivity contribution >= 4 is 17.7 Å². The monoisotopic (exact) mass is 373 g/mol. The number of nitrogens with one attached hydrogen (secondary N) is 2. The van der Waals surface area contributed by atoms with E-state index in [0.29, 0.717) is 25.3 Å². The summed E-state index contributed by atoms with van der Waals surface area (Å²) in [6.45, 7) is 0.476. The molecule has 1 aliphatic carbocycles.